The standard InChI is InChI=1S/C27H28ClFN6O/c1-34(14-17-11-33-35(15-17)18-7-10-30-12-18)26(36)20-6-4-5-19(24(20)29)21-13-31-25-22(23(21)28)27(16-32-25)8-2-3-9-27/h2-6,11,13,15,18,30H,7-10,12,14,16H2,1H3,(H,31,32). The van der Waals surface area contributed by atoms with Gasteiger partial charge >= 0.3 is 0 Å². The molecule has 7 nitrogen and oxygen atoms in total. The number of anilines is 1. The molecule has 36 heavy (non-hydrogen) atoms. The second-order valence-electron chi connectivity index (χ2n) is 10.0. The number of nitrogens with one attached hydrogen (secondary N) is 2. The third kappa shape index (κ3) is 3.79. The molecule has 186 valence electrons. The van der Waals surface area contributed by atoms with Crippen molar-refractivity contribution in [3.05, 3.63) is 76.5 Å². The zero-order valence-corrected chi connectivity index (χ0v) is 20.9. The molecule has 4 heterocycles. The number of rotatable bonds is 5. The molecule has 2 N–H and O–H groups in total. The molecule has 1 atom stereocenters. The predicted molar refractivity (Wildman–Crippen MR) is 138 cm³/mol. The van der Waals surface area contributed by atoms with Crippen molar-refractivity contribution in [2.75, 3.05) is 32.0 Å². The molecule has 0 bridgehead atoms. The van der Waals surface area contributed by atoms with Gasteiger partial charge in [-0.25, -0.2) is 9.37 Å². The van der Waals surface area contributed by atoms with E-state index in [2.05, 4.69) is 32.9 Å². The van der Waals surface area contributed by atoms with E-state index in [9.17, 15) is 4.79 Å². The van der Waals surface area contributed by atoms with Gasteiger partial charge in [-0.3, -0.25) is 9.48 Å². The van der Waals surface area contributed by atoms with E-state index in [0.717, 1.165) is 55.8 Å². The van der Waals surface area contributed by atoms with Crippen LogP contribution in [-0.2, 0) is 12.0 Å². The van der Waals surface area contributed by atoms with Crippen LogP contribution in [0.4, 0.5) is 10.2 Å². The highest BCUT2D eigenvalue weighted by molar-refractivity contribution is 6.34. The van der Waals surface area contributed by atoms with Crippen molar-refractivity contribution in [1.29, 1.82) is 0 Å². The fourth-order valence-electron chi connectivity index (χ4n) is 5.67. The van der Waals surface area contributed by atoms with Crippen LogP contribution < -0.4 is 10.6 Å². The molecule has 3 aromatic rings. The zero-order chi connectivity index (χ0) is 24.9. The minimum Gasteiger partial charge on any atom is -0.369 e. The van der Waals surface area contributed by atoms with Crippen molar-refractivity contribution in [1.82, 2.24) is 25.0 Å². The van der Waals surface area contributed by atoms with Crippen molar-refractivity contribution in [2.24, 2.45) is 0 Å². The molecule has 3 aliphatic rings. The number of aromatic nitrogens is 3. The molecule has 2 aromatic heterocycles. The Labute approximate surface area is 214 Å². The van der Waals surface area contributed by atoms with Crippen LogP contribution >= 0.6 is 11.6 Å². The molecular formula is C27H28ClFN6O. The van der Waals surface area contributed by atoms with E-state index in [4.69, 9.17) is 11.6 Å². The van der Waals surface area contributed by atoms with Gasteiger partial charge in [0.1, 0.15) is 11.6 Å². The maximum absolute atomic E-state index is 15.8. The summed E-state index contributed by atoms with van der Waals surface area (Å²) in [5, 5.41) is 11.6. The first kappa shape index (κ1) is 23.2. The summed E-state index contributed by atoms with van der Waals surface area (Å²) < 4.78 is 17.8. The van der Waals surface area contributed by atoms with Gasteiger partial charge in [0.2, 0.25) is 0 Å². The molecule has 9 heteroatoms. The molecular weight excluding hydrogens is 479 g/mol. The summed E-state index contributed by atoms with van der Waals surface area (Å²) in [6.07, 6.45) is 12.4. The first-order valence-electron chi connectivity index (χ1n) is 12.3. The highest BCUT2D eigenvalue weighted by atomic mass is 35.5. The molecule has 1 spiro atoms. The van der Waals surface area contributed by atoms with Crippen LogP contribution in [0.1, 0.15) is 46.8 Å². The van der Waals surface area contributed by atoms with E-state index in [1.54, 1.807) is 31.6 Å². The molecule has 1 amide bonds. The van der Waals surface area contributed by atoms with E-state index >= 15 is 4.39 Å². The smallest absolute Gasteiger partial charge is 0.256 e. The fourth-order valence-corrected chi connectivity index (χ4v) is 6.11. The van der Waals surface area contributed by atoms with E-state index < -0.39 is 11.7 Å². The van der Waals surface area contributed by atoms with E-state index in [1.165, 1.54) is 11.0 Å². The van der Waals surface area contributed by atoms with Crippen LogP contribution in [0, 0.1) is 5.82 Å². The number of benzene rings is 1. The van der Waals surface area contributed by atoms with Crippen LogP contribution in [0.3, 0.4) is 0 Å². The third-order valence-corrected chi connectivity index (χ3v) is 8.07. The normalized spacial score (nSPS) is 19.6. The SMILES string of the molecule is CN(Cc1cnn(C2CCNC2)c1)C(=O)c1cccc(-c2cnc3c(c2Cl)C2(CC=CC2)CN3)c1F. The van der Waals surface area contributed by atoms with Gasteiger partial charge in [0.05, 0.1) is 22.8 Å². The molecule has 2 aliphatic heterocycles. The van der Waals surface area contributed by atoms with Crippen LogP contribution in [-0.4, -0.2) is 52.3 Å². The highest BCUT2D eigenvalue weighted by Gasteiger charge is 2.42. The van der Waals surface area contributed by atoms with Gasteiger partial charge in [0, 0.05) is 66.7 Å². The van der Waals surface area contributed by atoms with Crippen molar-refractivity contribution in [2.45, 2.75) is 37.3 Å². The lowest BCUT2D eigenvalue weighted by molar-refractivity contribution is 0.0780. The molecule has 1 unspecified atom stereocenters. The van der Waals surface area contributed by atoms with E-state index in [1.807, 2.05) is 10.9 Å². The second kappa shape index (κ2) is 9.01. The number of halogens is 2. The summed E-state index contributed by atoms with van der Waals surface area (Å²) >= 11 is 6.90. The Morgan fingerprint density at radius 2 is 2.11 bits per heavy atom. The quantitative estimate of drug-likeness (QED) is 0.496. The molecule has 1 fully saturated rings. The number of fused-ring (bicyclic) bond motifs is 2. The Kier molecular flexibility index (Phi) is 5.80. The average Bonchev–Trinajstić information content (AvgIpc) is 3.69. The summed E-state index contributed by atoms with van der Waals surface area (Å²) in [7, 11) is 1.68. The van der Waals surface area contributed by atoms with Crippen LogP contribution in [0.25, 0.3) is 11.1 Å². The topological polar surface area (TPSA) is 75.1 Å². The molecule has 1 aromatic carbocycles. The van der Waals surface area contributed by atoms with Gasteiger partial charge < -0.3 is 15.5 Å². The number of nitrogens with zero attached hydrogens (tertiary/aromatic N) is 4. The van der Waals surface area contributed by atoms with Crippen LogP contribution in [0.2, 0.25) is 5.02 Å². The summed E-state index contributed by atoms with van der Waals surface area (Å²) in [5.41, 5.74) is 2.50. The largest absolute Gasteiger partial charge is 0.369 e. The minimum atomic E-state index is -0.588. The summed E-state index contributed by atoms with van der Waals surface area (Å²) in [6.45, 7) is 2.96. The van der Waals surface area contributed by atoms with Gasteiger partial charge in [-0.05, 0) is 31.9 Å². The van der Waals surface area contributed by atoms with Gasteiger partial charge in [-0.15, -0.1) is 0 Å². The molecule has 1 saturated heterocycles. The van der Waals surface area contributed by atoms with E-state index in [0.29, 0.717) is 23.2 Å². The number of amides is 1. The minimum absolute atomic E-state index is 0.00863. The Morgan fingerprint density at radius 1 is 1.28 bits per heavy atom. The second-order valence-corrected chi connectivity index (χ2v) is 10.4. The lowest BCUT2D eigenvalue weighted by atomic mass is 9.80. The molecule has 0 saturated carbocycles. The fraction of sp³-hybridized carbons (Fsp3) is 0.370. The third-order valence-electron chi connectivity index (χ3n) is 7.67. The van der Waals surface area contributed by atoms with Gasteiger partial charge in [-0.2, -0.15) is 5.10 Å². The number of carbonyl (C=O) groups excluding carboxylic acids is 1. The molecule has 0 radical (unpaired) electrons. The number of allylic oxidation sites excluding steroid dienone is 2. The van der Waals surface area contributed by atoms with Gasteiger partial charge in [0.15, 0.2) is 0 Å². The predicted octanol–water partition coefficient (Wildman–Crippen LogP) is 4.56. The number of hydrogen-bond acceptors (Lipinski definition) is 5. The van der Waals surface area contributed by atoms with Crippen LogP contribution in [0.5, 0.6) is 0 Å². The Morgan fingerprint density at radius 3 is 2.89 bits per heavy atom. The summed E-state index contributed by atoms with van der Waals surface area (Å²) in [6, 6.07) is 5.20. The van der Waals surface area contributed by atoms with Gasteiger partial charge in [0.25, 0.3) is 5.91 Å². The lowest BCUT2D eigenvalue weighted by Gasteiger charge is -2.24. The van der Waals surface area contributed by atoms with Crippen molar-refractivity contribution < 1.29 is 9.18 Å². The Hall–Kier alpha value is -3.23. The van der Waals surface area contributed by atoms with Crippen molar-refractivity contribution >= 4 is 23.3 Å². The Bertz CT molecular complexity index is 1350. The summed E-state index contributed by atoms with van der Waals surface area (Å²) in [5.74, 6) is -0.225. The maximum Gasteiger partial charge on any atom is 0.256 e. The first-order chi connectivity index (χ1) is 17.5. The van der Waals surface area contributed by atoms with E-state index in [-0.39, 0.29) is 16.5 Å². The van der Waals surface area contributed by atoms with Crippen LogP contribution in [0.15, 0.2) is 48.9 Å². The maximum atomic E-state index is 15.8. The monoisotopic (exact) mass is 506 g/mol. The highest BCUT2D eigenvalue weighted by Crippen LogP contribution is 2.50. The van der Waals surface area contributed by atoms with Crippen molar-refractivity contribution in [3.8, 4) is 11.1 Å². The zero-order valence-electron chi connectivity index (χ0n) is 20.1. The summed E-state index contributed by atoms with van der Waals surface area (Å²) in [4.78, 5) is 19.3. The first-order valence-corrected chi connectivity index (χ1v) is 12.7. The molecule has 1 aliphatic carbocycles. The number of carbonyl (C=O) groups is 1. The van der Waals surface area contributed by atoms with Crippen molar-refractivity contribution in [3.63, 3.8) is 0 Å². The Balaban J connectivity index is 1.27. The average molecular weight is 507 g/mol. The van der Waals surface area contributed by atoms with Gasteiger partial charge in [-0.1, -0.05) is 35.9 Å². The number of hydrogen-bond donors (Lipinski definition) is 2. The molecule has 6 rings (SSSR count). The number of pyridine rings is 1. The lowest BCUT2D eigenvalue weighted by Crippen LogP contribution is -2.27.